The molecule has 1 amide bonds. The summed E-state index contributed by atoms with van der Waals surface area (Å²) in [5, 5.41) is 4.07. The van der Waals surface area contributed by atoms with Crippen LogP contribution in [-0.4, -0.2) is 34.6 Å². The Morgan fingerprint density at radius 3 is 2.91 bits per heavy atom. The van der Waals surface area contributed by atoms with Crippen molar-refractivity contribution in [1.29, 1.82) is 0 Å². The Labute approximate surface area is 134 Å². The Hall–Kier alpha value is -2.37. The molecule has 1 aromatic carbocycles. The van der Waals surface area contributed by atoms with Gasteiger partial charge in [0.05, 0.1) is 12.7 Å². The number of carbonyl (C=O) groups is 1. The standard InChI is InChI=1S/C17H19N3O3/c1-22-14-7-3-2-5-12(14)17(21)20-10-4-6-13(20)16-18-15(19-23-16)11-8-9-11/h2-3,5,7,11,13H,4,6,8-10H2,1H3. The molecule has 120 valence electrons. The molecule has 1 atom stereocenters. The Balaban J connectivity index is 1.60. The van der Waals surface area contributed by atoms with E-state index < -0.39 is 0 Å². The Morgan fingerprint density at radius 1 is 1.30 bits per heavy atom. The number of hydrogen-bond acceptors (Lipinski definition) is 5. The minimum absolute atomic E-state index is 0.0453. The number of likely N-dealkylation sites (tertiary alicyclic amines) is 1. The van der Waals surface area contributed by atoms with E-state index in [2.05, 4.69) is 10.1 Å². The molecule has 4 rings (SSSR count). The van der Waals surface area contributed by atoms with Crippen molar-refractivity contribution in [2.75, 3.05) is 13.7 Å². The number of carbonyl (C=O) groups excluding carboxylic acids is 1. The van der Waals surface area contributed by atoms with E-state index in [1.165, 1.54) is 0 Å². The van der Waals surface area contributed by atoms with E-state index in [1.54, 1.807) is 19.2 Å². The minimum atomic E-state index is -0.132. The third kappa shape index (κ3) is 2.58. The van der Waals surface area contributed by atoms with Crippen LogP contribution in [0, 0.1) is 0 Å². The average molecular weight is 313 g/mol. The summed E-state index contributed by atoms with van der Waals surface area (Å²) < 4.78 is 10.7. The van der Waals surface area contributed by atoms with Gasteiger partial charge in [0.1, 0.15) is 11.8 Å². The summed E-state index contributed by atoms with van der Waals surface area (Å²) in [5.41, 5.74) is 0.573. The molecule has 2 aromatic rings. The summed E-state index contributed by atoms with van der Waals surface area (Å²) in [4.78, 5) is 19.3. The smallest absolute Gasteiger partial charge is 0.258 e. The molecular formula is C17H19N3O3. The van der Waals surface area contributed by atoms with Crippen LogP contribution in [0.5, 0.6) is 5.75 Å². The Bertz CT molecular complexity index is 723. The van der Waals surface area contributed by atoms with E-state index >= 15 is 0 Å². The van der Waals surface area contributed by atoms with Crippen molar-refractivity contribution in [3.8, 4) is 5.75 Å². The normalized spacial score (nSPS) is 20.7. The molecule has 1 saturated carbocycles. The molecule has 2 aliphatic rings. The van der Waals surface area contributed by atoms with Gasteiger partial charge in [-0.05, 0) is 37.8 Å². The van der Waals surface area contributed by atoms with Gasteiger partial charge in [0, 0.05) is 12.5 Å². The molecule has 6 heteroatoms. The molecule has 0 N–H and O–H groups in total. The zero-order valence-electron chi connectivity index (χ0n) is 13.1. The minimum Gasteiger partial charge on any atom is -0.496 e. The molecule has 0 radical (unpaired) electrons. The highest BCUT2D eigenvalue weighted by Gasteiger charge is 2.37. The van der Waals surface area contributed by atoms with Crippen LogP contribution in [0.1, 0.15) is 59.7 Å². The highest BCUT2D eigenvalue weighted by Crippen LogP contribution is 2.40. The van der Waals surface area contributed by atoms with Crippen LogP contribution in [0.2, 0.25) is 0 Å². The van der Waals surface area contributed by atoms with E-state index in [-0.39, 0.29) is 11.9 Å². The maximum Gasteiger partial charge on any atom is 0.258 e. The van der Waals surface area contributed by atoms with Crippen LogP contribution in [0.3, 0.4) is 0 Å². The van der Waals surface area contributed by atoms with Gasteiger partial charge in [-0.1, -0.05) is 17.3 Å². The quantitative estimate of drug-likeness (QED) is 0.868. The second kappa shape index (κ2) is 5.68. The predicted molar refractivity (Wildman–Crippen MR) is 82.3 cm³/mol. The van der Waals surface area contributed by atoms with Crippen molar-refractivity contribution in [2.24, 2.45) is 0 Å². The van der Waals surface area contributed by atoms with Crippen molar-refractivity contribution in [2.45, 2.75) is 37.6 Å². The number of ether oxygens (including phenoxy) is 1. The molecule has 6 nitrogen and oxygen atoms in total. The van der Waals surface area contributed by atoms with Crippen LogP contribution in [0.15, 0.2) is 28.8 Å². The fourth-order valence-electron chi connectivity index (χ4n) is 3.13. The number of nitrogens with zero attached hydrogens (tertiary/aromatic N) is 3. The van der Waals surface area contributed by atoms with E-state index in [4.69, 9.17) is 9.26 Å². The summed E-state index contributed by atoms with van der Waals surface area (Å²) in [6, 6.07) is 7.17. The average Bonchev–Trinajstić information content (AvgIpc) is 3.13. The Morgan fingerprint density at radius 2 is 2.13 bits per heavy atom. The number of amides is 1. The fraction of sp³-hybridized carbons (Fsp3) is 0.471. The van der Waals surface area contributed by atoms with Crippen LogP contribution < -0.4 is 4.74 Å². The number of para-hydroxylation sites is 1. The zero-order chi connectivity index (χ0) is 15.8. The molecular weight excluding hydrogens is 294 g/mol. The summed E-state index contributed by atoms with van der Waals surface area (Å²) in [6.07, 6.45) is 4.06. The van der Waals surface area contributed by atoms with Gasteiger partial charge in [0.15, 0.2) is 5.82 Å². The lowest BCUT2D eigenvalue weighted by molar-refractivity contribution is 0.0706. The Kier molecular flexibility index (Phi) is 3.52. The van der Waals surface area contributed by atoms with Crippen LogP contribution in [0.4, 0.5) is 0 Å². The molecule has 1 saturated heterocycles. The topological polar surface area (TPSA) is 68.5 Å². The van der Waals surface area contributed by atoms with E-state index in [0.717, 1.165) is 31.5 Å². The molecule has 2 heterocycles. The van der Waals surface area contributed by atoms with Gasteiger partial charge in [0.25, 0.3) is 5.91 Å². The highest BCUT2D eigenvalue weighted by atomic mass is 16.5. The number of methoxy groups -OCH3 is 1. The van der Waals surface area contributed by atoms with Crippen molar-refractivity contribution >= 4 is 5.91 Å². The molecule has 0 spiro atoms. The zero-order valence-corrected chi connectivity index (χ0v) is 13.1. The first-order chi connectivity index (χ1) is 11.3. The van der Waals surface area contributed by atoms with E-state index in [1.807, 2.05) is 17.0 Å². The fourth-order valence-corrected chi connectivity index (χ4v) is 3.13. The number of rotatable bonds is 4. The molecule has 1 aliphatic heterocycles. The lowest BCUT2D eigenvalue weighted by Gasteiger charge is -2.22. The first kappa shape index (κ1) is 14.2. The molecule has 0 bridgehead atoms. The maximum atomic E-state index is 12.9. The van der Waals surface area contributed by atoms with Gasteiger partial charge in [-0.2, -0.15) is 4.98 Å². The summed E-state index contributed by atoms with van der Waals surface area (Å²) in [7, 11) is 1.58. The van der Waals surface area contributed by atoms with Gasteiger partial charge >= 0.3 is 0 Å². The lowest BCUT2D eigenvalue weighted by atomic mass is 10.1. The van der Waals surface area contributed by atoms with Crippen molar-refractivity contribution in [3.05, 3.63) is 41.5 Å². The highest BCUT2D eigenvalue weighted by molar-refractivity contribution is 5.97. The van der Waals surface area contributed by atoms with E-state index in [0.29, 0.717) is 29.7 Å². The molecule has 2 fully saturated rings. The second-order valence-electron chi connectivity index (χ2n) is 6.12. The molecule has 1 aromatic heterocycles. The summed E-state index contributed by atoms with van der Waals surface area (Å²) in [5.74, 6) is 2.35. The summed E-state index contributed by atoms with van der Waals surface area (Å²) >= 11 is 0. The van der Waals surface area contributed by atoms with Gasteiger partial charge < -0.3 is 14.2 Å². The van der Waals surface area contributed by atoms with Gasteiger partial charge in [-0.15, -0.1) is 0 Å². The number of aromatic nitrogens is 2. The van der Waals surface area contributed by atoms with Crippen molar-refractivity contribution in [3.63, 3.8) is 0 Å². The van der Waals surface area contributed by atoms with Gasteiger partial charge in [-0.25, -0.2) is 0 Å². The van der Waals surface area contributed by atoms with Gasteiger partial charge in [-0.3, -0.25) is 4.79 Å². The second-order valence-corrected chi connectivity index (χ2v) is 6.12. The van der Waals surface area contributed by atoms with Crippen LogP contribution in [-0.2, 0) is 0 Å². The SMILES string of the molecule is COc1ccccc1C(=O)N1CCCC1c1nc(C2CC2)no1. The largest absolute Gasteiger partial charge is 0.496 e. The maximum absolute atomic E-state index is 12.9. The third-order valence-corrected chi connectivity index (χ3v) is 4.54. The van der Waals surface area contributed by atoms with Gasteiger partial charge in [0.2, 0.25) is 5.89 Å². The van der Waals surface area contributed by atoms with Crippen molar-refractivity contribution < 1.29 is 14.1 Å². The van der Waals surface area contributed by atoms with E-state index in [9.17, 15) is 4.79 Å². The third-order valence-electron chi connectivity index (χ3n) is 4.54. The molecule has 1 unspecified atom stereocenters. The lowest BCUT2D eigenvalue weighted by Crippen LogP contribution is -2.31. The number of benzene rings is 1. The number of hydrogen-bond donors (Lipinski definition) is 0. The first-order valence-corrected chi connectivity index (χ1v) is 8.05. The monoisotopic (exact) mass is 313 g/mol. The first-order valence-electron chi connectivity index (χ1n) is 8.05. The molecule has 1 aliphatic carbocycles. The summed E-state index contributed by atoms with van der Waals surface area (Å²) in [6.45, 7) is 0.697. The van der Waals surface area contributed by atoms with Crippen LogP contribution in [0.25, 0.3) is 0 Å². The predicted octanol–water partition coefficient (Wildman–Crippen LogP) is 2.93. The molecule has 23 heavy (non-hydrogen) atoms. The van der Waals surface area contributed by atoms with Crippen molar-refractivity contribution in [1.82, 2.24) is 15.0 Å². The van der Waals surface area contributed by atoms with Crippen LogP contribution >= 0.6 is 0 Å².